The Labute approximate surface area is 186 Å². The maximum absolute atomic E-state index is 10.6. The van der Waals surface area contributed by atoms with Gasteiger partial charge in [-0.15, -0.1) is 0 Å². The van der Waals surface area contributed by atoms with Crippen molar-refractivity contribution >= 4 is 11.6 Å². The Hall–Kier alpha value is -1.67. The van der Waals surface area contributed by atoms with E-state index in [0.29, 0.717) is 41.7 Å². The second kappa shape index (κ2) is 8.35. The highest BCUT2D eigenvalue weighted by molar-refractivity contribution is 6.32. The van der Waals surface area contributed by atoms with Gasteiger partial charge in [0.1, 0.15) is 36.3 Å². The summed E-state index contributed by atoms with van der Waals surface area (Å²) in [4.78, 5) is 0. The Morgan fingerprint density at radius 3 is 2.42 bits per heavy atom. The third-order valence-corrected chi connectivity index (χ3v) is 7.10. The fraction of sp³-hybridized carbons (Fsp3) is 0.500. The third kappa shape index (κ3) is 3.86. The van der Waals surface area contributed by atoms with E-state index in [4.69, 9.17) is 21.1 Å². The molecule has 2 aromatic rings. The van der Waals surface area contributed by atoms with Gasteiger partial charge in [0.2, 0.25) is 0 Å². The smallest absolute Gasteiger partial charge is 0.130 e. The number of aliphatic hydroxyl groups excluding tert-OH is 4. The van der Waals surface area contributed by atoms with Gasteiger partial charge in [0, 0.05) is 17.5 Å². The molecule has 3 aliphatic rings. The van der Waals surface area contributed by atoms with Crippen molar-refractivity contribution in [3.63, 3.8) is 0 Å². The number of halogens is 1. The Kier molecular flexibility index (Phi) is 5.71. The largest absolute Gasteiger partial charge is 0.493 e. The van der Waals surface area contributed by atoms with Crippen LogP contribution < -0.4 is 4.74 Å². The van der Waals surface area contributed by atoms with E-state index in [9.17, 15) is 20.4 Å². The number of rotatable bonds is 5. The van der Waals surface area contributed by atoms with Crippen LogP contribution in [0, 0.1) is 0 Å². The second-order valence-electron chi connectivity index (χ2n) is 8.79. The number of ether oxygens (including phenoxy) is 2. The van der Waals surface area contributed by atoms with E-state index in [1.165, 1.54) is 18.4 Å². The molecule has 166 valence electrons. The summed E-state index contributed by atoms with van der Waals surface area (Å²) in [6.45, 7) is -0.00268. The molecule has 0 spiro atoms. The van der Waals surface area contributed by atoms with Gasteiger partial charge < -0.3 is 29.9 Å². The molecule has 7 heteroatoms. The van der Waals surface area contributed by atoms with E-state index in [2.05, 4.69) is 24.3 Å². The molecule has 0 unspecified atom stereocenters. The molecule has 1 saturated carbocycles. The Bertz CT molecular complexity index is 956. The SMILES string of the molecule is OC[C@@H]1O[C@H](c2cc(Cc3ccc(C4CC4)cc3)c(Cl)c3c2OCC3)[C@@H](O)[C@H](O)[C@H]1O. The van der Waals surface area contributed by atoms with Crippen molar-refractivity contribution in [2.24, 2.45) is 0 Å². The van der Waals surface area contributed by atoms with Crippen LogP contribution in [-0.2, 0) is 17.6 Å². The molecule has 2 fully saturated rings. The zero-order valence-electron chi connectivity index (χ0n) is 17.1. The molecule has 5 atom stereocenters. The van der Waals surface area contributed by atoms with Gasteiger partial charge in [-0.3, -0.25) is 0 Å². The van der Waals surface area contributed by atoms with Gasteiger partial charge in [0.25, 0.3) is 0 Å². The Morgan fingerprint density at radius 1 is 1.00 bits per heavy atom. The Morgan fingerprint density at radius 2 is 1.74 bits per heavy atom. The number of benzene rings is 2. The van der Waals surface area contributed by atoms with E-state index >= 15 is 0 Å². The highest BCUT2D eigenvalue weighted by Crippen LogP contribution is 2.45. The summed E-state index contributed by atoms with van der Waals surface area (Å²) in [6.07, 6.45) is -2.35. The summed E-state index contributed by atoms with van der Waals surface area (Å²) < 4.78 is 11.6. The first-order valence-corrected chi connectivity index (χ1v) is 11.2. The van der Waals surface area contributed by atoms with Crippen molar-refractivity contribution in [3.8, 4) is 5.75 Å². The molecule has 1 saturated heterocycles. The maximum Gasteiger partial charge on any atom is 0.130 e. The van der Waals surface area contributed by atoms with Gasteiger partial charge in [-0.1, -0.05) is 35.9 Å². The van der Waals surface area contributed by atoms with E-state index in [1.54, 1.807) is 0 Å². The molecule has 1 aliphatic carbocycles. The van der Waals surface area contributed by atoms with Crippen LogP contribution in [0.1, 0.15) is 52.7 Å². The van der Waals surface area contributed by atoms with Gasteiger partial charge in [-0.2, -0.15) is 0 Å². The van der Waals surface area contributed by atoms with Crippen LogP contribution in [0.3, 0.4) is 0 Å². The van der Waals surface area contributed by atoms with Crippen LogP contribution in [-0.4, -0.2) is 58.1 Å². The molecule has 6 nitrogen and oxygen atoms in total. The normalized spacial score (nSPS) is 30.2. The number of hydrogen-bond donors (Lipinski definition) is 4. The first-order chi connectivity index (χ1) is 15.0. The molecule has 2 heterocycles. The number of fused-ring (bicyclic) bond motifs is 1. The van der Waals surface area contributed by atoms with E-state index < -0.39 is 37.1 Å². The summed E-state index contributed by atoms with van der Waals surface area (Å²) >= 11 is 6.74. The molecular weight excluding hydrogens is 420 g/mol. The molecule has 0 amide bonds. The quantitative estimate of drug-likeness (QED) is 0.562. The fourth-order valence-electron chi connectivity index (χ4n) is 4.68. The van der Waals surface area contributed by atoms with Crippen molar-refractivity contribution < 1.29 is 29.9 Å². The van der Waals surface area contributed by atoms with E-state index in [1.807, 2.05) is 6.07 Å². The summed E-state index contributed by atoms with van der Waals surface area (Å²) in [5.74, 6) is 1.26. The minimum absolute atomic E-state index is 0.471. The number of hydrogen-bond acceptors (Lipinski definition) is 6. The predicted octanol–water partition coefficient (Wildman–Crippen LogP) is 2.26. The molecular formula is C24H27ClO6. The van der Waals surface area contributed by atoms with Crippen LogP contribution in [0.2, 0.25) is 5.02 Å². The molecule has 0 radical (unpaired) electrons. The molecule has 2 aliphatic heterocycles. The summed E-state index contributed by atoms with van der Waals surface area (Å²) in [6, 6.07) is 10.5. The zero-order valence-corrected chi connectivity index (χ0v) is 17.8. The van der Waals surface area contributed by atoms with Gasteiger partial charge >= 0.3 is 0 Å². The monoisotopic (exact) mass is 446 g/mol. The second-order valence-corrected chi connectivity index (χ2v) is 9.17. The van der Waals surface area contributed by atoms with E-state index in [0.717, 1.165) is 16.7 Å². The molecule has 31 heavy (non-hydrogen) atoms. The van der Waals surface area contributed by atoms with Gasteiger partial charge in [0.05, 0.1) is 18.2 Å². The van der Waals surface area contributed by atoms with Crippen molar-refractivity contribution in [3.05, 3.63) is 63.2 Å². The first-order valence-electron chi connectivity index (χ1n) is 10.8. The molecule has 0 bridgehead atoms. The average Bonchev–Trinajstić information content (AvgIpc) is 3.51. The van der Waals surface area contributed by atoms with Crippen LogP contribution in [0.4, 0.5) is 0 Å². The lowest BCUT2D eigenvalue weighted by atomic mass is 9.88. The summed E-state index contributed by atoms with van der Waals surface area (Å²) in [7, 11) is 0. The standard InChI is InChI=1S/C24H27ClO6/c25-19-15(9-12-1-3-13(4-2-12)14-5-6-14)10-17(23-16(19)7-8-30-23)24-22(29)21(28)20(27)18(11-26)31-24/h1-4,10,14,18,20-22,24,26-29H,5-9,11H2/t18-,20-,21+,22-,24+/m0/s1. The number of aliphatic hydroxyl groups is 4. The lowest BCUT2D eigenvalue weighted by Gasteiger charge is -2.40. The fourth-order valence-corrected chi connectivity index (χ4v) is 4.98. The third-order valence-electron chi connectivity index (χ3n) is 6.63. The molecule has 4 N–H and O–H groups in total. The predicted molar refractivity (Wildman–Crippen MR) is 115 cm³/mol. The van der Waals surface area contributed by atoms with Crippen LogP contribution in [0.15, 0.2) is 30.3 Å². The summed E-state index contributed by atoms with van der Waals surface area (Å²) in [5, 5.41) is 41.2. The minimum atomic E-state index is -1.44. The lowest BCUT2D eigenvalue weighted by molar-refractivity contribution is -0.232. The van der Waals surface area contributed by atoms with Gasteiger partial charge in [-0.05, 0) is 47.9 Å². The highest BCUT2D eigenvalue weighted by Gasteiger charge is 2.45. The Balaban J connectivity index is 1.50. The van der Waals surface area contributed by atoms with Gasteiger partial charge in [0.15, 0.2) is 0 Å². The van der Waals surface area contributed by atoms with Gasteiger partial charge in [-0.25, -0.2) is 0 Å². The van der Waals surface area contributed by atoms with Crippen LogP contribution in [0.5, 0.6) is 5.75 Å². The van der Waals surface area contributed by atoms with Crippen molar-refractivity contribution in [1.29, 1.82) is 0 Å². The van der Waals surface area contributed by atoms with Crippen molar-refractivity contribution in [2.45, 2.75) is 62.1 Å². The first kappa shape index (κ1) is 21.2. The van der Waals surface area contributed by atoms with Crippen LogP contribution >= 0.6 is 11.6 Å². The topological polar surface area (TPSA) is 99.4 Å². The van der Waals surface area contributed by atoms with E-state index in [-0.39, 0.29) is 0 Å². The highest BCUT2D eigenvalue weighted by atomic mass is 35.5. The molecule has 0 aromatic heterocycles. The van der Waals surface area contributed by atoms with Crippen molar-refractivity contribution in [1.82, 2.24) is 0 Å². The average molecular weight is 447 g/mol. The lowest BCUT2D eigenvalue weighted by Crippen LogP contribution is -2.55. The van der Waals surface area contributed by atoms with Crippen molar-refractivity contribution in [2.75, 3.05) is 13.2 Å². The zero-order chi connectivity index (χ0) is 21.7. The summed E-state index contributed by atoms with van der Waals surface area (Å²) in [5.41, 5.74) is 4.83. The minimum Gasteiger partial charge on any atom is -0.493 e. The molecule has 2 aromatic carbocycles. The molecule has 5 rings (SSSR count). The maximum atomic E-state index is 10.6. The van der Waals surface area contributed by atoms with Crippen LogP contribution in [0.25, 0.3) is 0 Å².